The smallest absolute Gasteiger partial charge is 0.347 e. The second-order valence-corrected chi connectivity index (χ2v) is 6.74. The summed E-state index contributed by atoms with van der Waals surface area (Å²) >= 11 is 0. The van der Waals surface area contributed by atoms with Crippen LogP contribution in [0, 0.1) is 5.41 Å². The van der Waals surface area contributed by atoms with Gasteiger partial charge in [0.2, 0.25) is 5.91 Å². The van der Waals surface area contributed by atoms with E-state index >= 15 is 0 Å². The molecule has 126 valence electrons. The molecule has 1 N–H and O–H groups in total. The minimum Gasteiger partial charge on any atom is -0.396 e. The quantitative estimate of drug-likeness (QED) is 0.816. The molecule has 2 fully saturated rings. The lowest BCUT2D eigenvalue weighted by Gasteiger charge is -2.53. The van der Waals surface area contributed by atoms with Gasteiger partial charge in [-0.3, -0.25) is 9.36 Å². The molecule has 0 saturated carbocycles. The van der Waals surface area contributed by atoms with Crippen LogP contribution in [0.5, 0.6) is 0 Å². The first kappa shape index (κ1) is 16.1. The van der Waals surface area contributed by atoms with Crippen LogP contribution in [0.1, 0.15) is 19.3 Å². The number of rotatable bonds is 3. The third-order valence-corrected chi connectivity index (χ3v) is 5.45. The molecule has 0 spiro atoms. The number of piperidine rings is 2. The Morgan fingerprint density at radius 2 is 2.26 bits per heavy atom. The number of carbonyl (C=O) groups excluding carboxylic acids is 1. The maximum Gasteiger partial charge on any atom is 0.347 e. The molecule has 2 aliphatic heterocycles. The Morgan fingerprint density at radius 1 is 1.43 bits per heavy atom. The van der Waals surface area contributed by atoms with Gasteiger partial charge in [0.15, 0.2) is 0 Å². The first-order valence-electron chi connectivity index (χ1n) is 8.16. The second-order valence-electron chi connectivity index (χ2n) is 6.74. The minimum atomic E-state index is -0.405. The van der Waals surface area contributed by atoms with E-state index in [0.29, 0.717) is 13.1 Å². The van der Waals surface area contributed by atoms with Crippen LogP contribution in [0.3, 0.4) is 0 Å². The van der Waals surface area contributed by atoms with Crippen molar-refractivity contribution in [2.45, 2.75) is 31.8 Å². The molecule has 0 bridgehead atoms. The Morgan fingerprint density at radius 3 is 3.00 bits per heavy atom. The Balaban J connectivity index is 1.72. The van der Waals surface area contributed by atoms with Gasteiger partial charge < -0.3 is 14.9 Å². The van der Waals surface area contributed by atoms with Gasteiger partial charge in [0.05, 0.1) is 6.61 Å². The molecule has 1 aromatic heterocycles. The first-order valence-corrected chi connectivity index (χ1v) is 8.16. The van der Waals surface area contributed by atoms with Gasteiger partial charge in [-0.25, -0.2) is 9.78 Å². The first-order chi connectivity index (χ1) is 11.1. The van der Waals surface area contributed by atoms with Crippen LogP contribution in [0.25, 0.3) is 0 Å². The highest BCUT2D eigenvalue weighted by atomic mass is 16.3. The SMILES string of the molecule is CN1CCC[C@]2(CO)CCN(C(=O)Cn3cccnc3=O)C[C@@H]12. The molecule has 3 heterocycles. The van der Waals surface area contributed by atoms with E-state index in [2.05, 4.69) is 16.9 Å². The molecular weight excluding hydrogens is 296 g/mol. The zero-order valence-corrected chi connectivity index (χ0v) is 13.5. The van der Waals surface area contributed by atoms with Crippen LogP contribution in [-0.4, -0.2) is 69.7 Å². The van der Waals surface area contributed by atoms with E-state index in [0.717, 1.165) is 25.8 Å². The molecule has 0 aliphatic carbocycles. The molecule has 23 heavy (non-hydrogen) atoms. The molecule has 7 heteroatoms. The lowest BCUT2D eigenvalue weighted by Crippen LogP contribution is -2.62. The van der Waals surface area contributed by atoms with Crippen molar-refractivity contribution in [3.05, 3.63) is 28.9 Å². The van der Waals surface area contributed by atoms with Crippen molar-refractivity contribution in [2.24, 2.45) is 5.41 Å². The molecule has 0 aromatic carbocycles. The van der Waals surface area contributed by atoms with Crippen molar-refractivity contribution >= 4 is 5.91 Å². The van der Waals surface area contributed by atoms with Gasteiger partial charge in [-0.2, -0.15) is 0 Å². The summed E-state index contributed by atoms with van der Waals surface area (Å²) in [7, 11) is 2.06. The Bertz CT molecular complexity index is 632. The average molecular weight is 320 g/mol. The summed E-state index contributed by atoms with van der Waals surface area (Å²) in [5.41, 5.74) is -0.494. The predicted octanol–water partition coefficient (Wildman–Crippen LogP) is -0.451. The van der Waals surface area contributed by atoms with E-state index in [1.165, 1.54) is 10.8 Å². The van der Waals surface area contributed by atoms with Gasteiger partial charge in [0.25, 0.3) is 0 Å². The number of fused-ring (bicyclic) bond motifs is 1. The van der Waals surface area contributed by atoms with Crippen LogP contribution >= 0.6 is 0 Å². The lowest BCUT2D eigenvalue weighted by atomic mass is 9.69. The summed E-state index contributed by atoms with van der Waals surface area (Å²) in [4.78, 5) is 32.0. The fourth-order valence-electron chi connectivity index (χ4n) is 4.00. The number of amides is 1. The molecular formula is C16H24N4O3. The normalized spacial score (nSPS) is 28.4. The highest BCUT2D eigenvalue weighted by Crippen LogP contribution is 2.41. The maximum atomic E-state index is 12.6. The molecule has 2 saturated heterocycles. The summed E-state index contributed by atoms with van der Waals surface area (Å²) in [6.45, 7) is 2.45. The summed E-state index contributed by atoms with van der Waals surface area (Å²) in [5, 5.41) is 9.91. The van der Waals surface area contributed by atoms with E-state index in [1.807, 2.05) is 4.90 Å². The number of nitrogens with zero attached hydrogens (tertiary/aromatic N) is 4. The Labute approximate surface area is 135 Å². The molecule has 2 atom stereocenters. The molecule has 3 rings (SSSR count). The second kappa shape index (κ2) is 6.41. The molecule has 0 unspecified atom stereocenters. The van der Waals surface area contributed by atoms with Crippen molar-refractivity contribution in [2.75, 3.05) is 33.3 Å². The number of aliphatic hydroxyl groups excluding tert-OH is 1. The van der Waals surface area contributed by atoms with Crippen molar-refractivity contribution in [1.29, 1.82) is 0 Å². The fraction of sp³-hybridized carbons (Fsp3) is 0.688. The number of aliphatic hydroxyl groups is 1. The van der Waals surface area contributed by atoms with E-state index < -0.39 is 5.69 Å². The Hall–Kier alpha value is -1.73. The monoisotopic (exact) mass is 320 g/mol. The van der Waals surface area contributed by atoms with Crippen LogP contribution < -0.4 is 5.69 Å². The molecule has 7 nitrogen and oxygen atoms in total. The van der Waals surface area contributed by atoms with Crippen LogP contribution in [-0.2, 0) is 11.3 Å². The van der Waals surface area contributed by atoms with Gasteiger partial charge in [-0.15, -0.1) is 0 Å². The van der Waals surface area contributed by atoms with Crippen molar-refractivity contribution < 1.29 is 9.90 Å². The summed E-state index contributed by atoms with van der Waals surface area (Å²) in [6.07, 6.45) is 5.93. The van der Waals surface area contributed by atoms with Gasteiger partial charge in [-0.1, -0.05) is 0 Å². The molecule has 1 amide bonds. The average Bonchev–Trinajstić information content (AvgIpc) is 2.57. The molecule has 0 radical (unpaired) electrons. The van der Waals surface area contributed by atoms with Gasteiger partial charge in [0.1, 0.15) is 6.54 Å². The zero-order valence-electron chi connectivity index (χ0n) is 13.5. The highest BCUT2D eigenvalue weighted by molar-refractivity contribution is 5.76. The van der Waals surface area contributed by atoms with Crippen LogP contribution in [0.2, 0.25) is 0 Å². The zero-order chi connectivity index (χ0) is 16.4. The number of hydrogen-bond donors (Lipinski definition) is 1. The topological polar surface area (TPSA) is 78.7 Å². The van der Waals surface area contributed by atoms with E-state index in [9.17, 15) is 14.7 Å². The third-order valence-electron chi connectivity index (χ3n) is 5.45. The van der Waals surface area contributed by atoms with Crippen molar-refractivity contribution in [3.8, 4) is 0 Å². The standard InChI is InChI=1S/C16H24N4O3/c1-18-7-2-4-16(12-21)5-9-19(10-13(16)18)14(22)11-20-8-3-6-17-15(20)23/h3,6,8,13,21H,2,4-5,7,9-12H2,1H3/t13-,16-/m1/s1. The minimum absolute atomic E-state index is 0.0230. The molecule has 2 aliphatic rings. The number of aromatic nitrogens is 2. The Kier molecular flexibility index (Phi) is 4.50. The van der Waals surface area contributed by atoms with E-state index in [-0.39, 0.29) is 30.5 Å². The molecule has 1 aromatic rings. The predicted molar refractivity (Wildman–Crippen MR) is 84.9 cm³/mol. The fourth-order valence-corrected chi connectivity index (χ4v) is 4.00. The highest BCUT2D eigenvalue weighted by Gasteiger charge is 2.47. The van der Waals surface area contributed by atoms with Gasteiger partial charge in [-0.05, 0) is 38.9 Å². The van der Waals surface area contributed by atoms with Crippen LogP contribution in [0.15, 0.2) is 23.3 Å². The van der Waals surface area contributed by atoms with Gasteiger partial charge >= 0.3 is 5.69 Å². The summed E-state index contributed by atoms with van der Waals surface area (Å²) < 4.78 is 1.33. The third kappa shape index (κ3) is 3.03. The van der Waals surface area contributed by atoms with E-state index in [1.54, 1.807) is 12.3 Å². The van der Waals surface area contributed by atoms with Crippen molar-refractivity contribution in [1.82, 2.24) is 19.4 Å². The number of likely N-dealkylation sites (N-methyl/N-ethyl adjacent to an activating group) is 1. The lowest BCUT2D eigenvalue weighted by molar-refractivity contribution is -0.140. The number of carbonyl (C=O) groups is 1. The van der Waals surface area contributed by atoms with E-state index in [4.69, 9.17) is 0 Å². The van der Waals surface area contributed by atoms with Crippen LogP contribution in [0.4, 0.5) is 0 Å². The maximum absolute atomic E-state index is 12.6. The van der Waals surface area contributed by atoms with Gasteiger partial charge in [0, 0.05) is 36.9 Å². The number of hydrogen-bond acceptors (Lipinski definition) is 5. The van der Waals surface area contributed by atoms with Crippen molar-refractivity contribution in [3.63, 3.8) is 0 Å². The summed E-state index contributed by atoms with van der Waals surface area (Å²) in [6, 6.07) is 1.83. The summed E-state index contributed by atoms with van der Waals surface area (Å²) in [5.74, 6) is -0.0642. The number of likely N-dealkylation sites (tertiary alicyclic amines) is 2. The largest absolute Gasteiger partial charge is 0.396 e.